The topological polar surface area (TPSA) is 105 Å². The van der Waals surface area contributed by atoms with Crippen molar-refractivity contribution in [2.45, 2.75) is 31.4 Å². The number of hydrogen-bond donors (Lipinski definition) is 4. The summed E-state index contributed by atoms with van der Waals surface area (Å²) in [5.41, 5.74) is 5.67. The van der Waals surface area contributed by atoms with E-state index >= 15 is 0 Å². The van der Waals surface area contributed by atoms with E-state index in [0.717, 1.165) is 5.56 Å². The van der Waals surface area contributed by atoms with E-state index in [2.05, 4.69) is 5.32 Å². The van der Waals surface area contributed by atoms with Gasteiger partial charge in [0, 0.05) is 26.7 Å². The second-order valence-corrected chi connectivity index (χ2v) is 5.43. The highest BCUT2D eigenvalue weighted by Gasteiger charge is 2.22. The van der Waals surface area contributed by atoms with Gasteiger partial charge in [-0.05, 0) is 31.0 Å². The first-order valence-electron chi connectivity index (χ1n) is 6.86. The van der Waals surface area contributed by atoms with E-state index in [0.29, 0.717) is 19.4 Å². The molecular weight excluding hydrogens is 272 g/mol. The highest BCUT2D eigenvalue weighted by Crippen LogP contribution is 2.11. The van der Waals surface area contributed by atoms with Crippen molar-refractivity contribution in [3.63, 3.8) is 0 Å². The van der Waals surface area contributed by atoms with Crippen LogP contribution in [-0.4, -0.2) is 48.0 Å². The molecule has 1 aromatic rings. The van der Waals surface area contributed by atoms with Crippen molar-refractivity contribution in [2.24, 2.45) is 5.73 Å². The summed E-state index contributed by atoms with van der Waals surface area (Å²) in [5, 5.41) is 21.9. The monoisotopic (exact) mass is 296 g/mol. The Kier molecular flexibility index (Phi) is 6.61. The van der Waals surface area contributed by atoms with Crippen molar-refractivity contribution in [1.82, 2.24) is 5.32 Å². The number of benzene rings is 1. The van der Waals surface area contributed by atoms with Gasteiger partial charge in [-0.1, -0.05) is 12.1 Å². The molecule has 0 heterocycles. The van der Waals surface area contributed by atoms with Crippen LogP contribution in [0.3, 0.4) is 0 Å². The van der Waals surface area contributed by atoms with E-state index in [1.807, 2.05) is 0 Å². The van der Waals surface area contributed by atoms with Gasteiger partial charge in [0.1, 0.15) is 5.75 Å². The van der Waals surface area contributed by atoms with E-state index in [1.54, 1.807) is 38.3 Å². The van der Waals surface area contributed by atoms with E-state index in [9.17, 15) is 15.0 Å². The standard InChI is InChI=1S/C15H24N2O4/c1-15(20,7-8-21-2)10-17-14(19)13(16)9-11-3-5-12(18)6-4-11/h3-6,13,18,20H,7-10,16H2,1-2H3,(H,17,19)/t13-,15?/m1/s1. The van der Waals surface area contributed by atoms with Crippen LogP contribution in [0.5, 0.6) is 5.75 Å². The number of phenols is 1. The molecule has 0 aromatic heterocycles. The number of phenolic OH excluding ortho intramolecular Hbond substituents is 1. The minimum Gasteiger partial charge on any atom is -0.508 e. The number of methoxy groups -OCH3 is 1. The molecule has 0 spiro atoms. The summed E-state index contributed by atoms with van der Waals surface area (Å²) in [4.78, 5) is 11.9. The van der Waals surface area contributed by atoms with Crippen molar-refractivity contribution < 1.29 is 19.7 Å². The Labute approximate surface area is 124 Å². The molecule has 1 rings (SSSR count). The van der Waals surface area contributed by atoms with Crippen LogP contribution in [0.2, 0.25) is 0 Å². The van der Waals surface area contributed by atoms with Crippen LogP contribution in [0.4, 0.5) is 0 Å². The zero-order chi connectivity index (χ0) is 15.9. The molecule has 6 heteroatoms. The molecule has 1 amide bonds. The predicted molar refractivity (Wildman–Crippen MR) is 79.9 cm³/mol. The summed E-state index contributed by atoms with van der Waals surface area (Å²) >= 11 is 0. The van der Waals surface area contributed by atoms with E-state index < -0.39 is 11.6 Å². The normalized spacial score (nSPS) is 15.2. The Hall–Kier alpha value is -1.63. The third-order valence-corrected chi connectivity index (χ3v) is 3.22. The smallest absolute Gasteiger partial charge is 0.237 e. The first-order valence-corrected chi connectivity index (χ1v) is 6.86. The first kappa shape index (κ1) is 17.4. The molecule has 5 N–H and O–H groups in total. The van der Waals surface area contributed by atoms with Gasteiger partial charge < -0.3 is 26.0 Å². The second kappa shape index (κ2) is 7.97. The first-order chi connectivity index (χ1) is 9.84. The summed E-state index contributed by atoms with van der Waals surface area (Å²) in [7, 11) is 1.56. The molecule has 0 saturated heterocycles. The molecule has 118 valence electrons. The Morgan fingerprint density at radius 2 is 2.05 bits per heavy atom. The van der Waals surface area contributed by atoms with Gasteiger partial charge in [-0.2, -0.15) is 0 Å². The van der Waals surface area contributed by atoms with Gasteiger partial charge >= 0.3 is 0 Å². The van der Waals surface area contributed by atoms with Gasteiger partial charge in [-0.25, -0.2) is 0 Å². The molecule has 1 unspecified atom stereocenters. The summed E-state index contributed by atoms with van der Waals surface area (Å²) < 4.78 is 4.90. The number of nitrogens with one attached hydrogen (secondary N) is 1. The van der Waals surface area contributed by atoms with Gasteiger partial charge in [0.2, 0.25) is 5.91 Å². The second-order valence-electron chi connectivity index (χ2n) is 5.43. The third-order valence-electron chi connectivity index (χ3n) is 3.22. The zero-order valence-corrected chi connectivity index (χ0v) is 12.5. The van der Waals surface area contributed by atoms with Gasteiger partial charge in [0.05, 0.1) is 11.6 Å². The fraction of sp³-hybridized carbons (Fsp3) is 0.533. The number of ether oxygens (including phenoxy) is 1. The van der Waals surface area contributed by atoms with Crippen LogP contribution in [0.1, 0.15) is 18.9 Å². The van der Waals surface area contributed by atoms with Crippen LogP contribution in [0, 0.1) is 0 Å². The molecule has 0 aliphatic rings. The minimum absolute atomic E-state index is 0.123. The maximum Gasteiger partial charge on any atom is 0.237 e. The summed E-state index contributed by atoms with van der Waals surface area (Å²) in [5.74, 6) is -0.147. The molecule has 0 aliphatic heterocycles. The third kappa shape index (κ3) is 6.57. The van der Waals surface area contributed by atoms with Crippen molar-refractivity contribution in [3.05, 3.63) is 29.8 Å². The number of nitrogens with two attached hydrogens (primary N) is 1. The van der Waals surface area contributed by atoms with E-state index in [-0.39, 0.29) is 18.2 Å². The lowest BCUT2D eigenvalue weighted by Gasteiger charge is -2.24. The Morgan fingerprint density at radius 1 is 1.43 bits per heavy atom. The number of rotatable bonds is 8. The van der Waals surface area contributed by atoms with Crippen molar-refractivity contribution in [3.8, 4) is 5.75 Å². The lowest BCUT2D eigenvalue weighted by Crippen LogP contribution is -2.48. The number of hydrogen-bond acceptors (Lipinski definition) is 5. The largest absolute Gasteiger partial charge is 0.508 e. The number of carbonyl (C=O) groups excluding carboxylic acids is 1. The molecule has 2 atom stereocenters. The Morgan fingerprint density at radius 3 is 2.62 bits per heavy atom. The van der Waals surface area contributed by atoms with Crippen LogP contribution in [0.15, 0.2) is 24.3 Å². The van der Waals surface area contributed by atoms with Crippen molar-refractivity contribution >= 4 is 5.91 Å². The van der Waals surface area contributed by atoms with Gasteiger partial charge in [0.25, 0.3) is 0 Å². The minimum atomic E-state index is -1.02. The molecular formula is C15H24N2O4. The number of aromatic hydroxyl groups is 1. The average molecular weight is 296 g/mol. The predicted octanol–water partition coefficient (Wildman–Crippen LogP) is 0.166. The maximum absolute atomic E-state index is 11.9. The fourth-order valence-electron chi connectivity index (χ4n) is 1.80. The summed E-state index contributed by atoms with van der Waals surface area (Å²) in [6, 6.07) is 5.84. The molecule has 0 aliphatic carbocycles. The Balaban J connectivity index is 2.42. The molecule has 21 heavy (non-hydrogen) atoms. The quantitative estimate of drug-likeness (QED) is 0.547. The summed E-state index contributed by atoms with van der Waals surface area (Å²) in [6.07, 6.45) is 0.795. The summed E-state index contributed by atoms with van der Waals surface area (Å²) in [6.45, 7) is 2.18. The SMILES string of the molecule is COCCC(C)(O)CNC(=O)[C@H](N)Cc1ccc(O)cc1. The Bertz CT molecular complexity index is 445. The number of carbonyl (C=O) groups is 1. The van der Waals surface area contributed by atoms with Gasteiger partial charge in [0.15, 0.2) is 0 Å². The molecule has 0 fully saturated rings. The van der Waals surface area contributed by atoms with Crippen LogP contribution in [0.25, 0.3) is 0 Å². The number of aliphatic hydroxyl groups is 1. The van der Waals surface area contributed by atoms with Crippen molar-refractivity contribution in [1.29, 1.82) is 0 Å². The molecule has 0 radical (unpaired) electrons. The van der Waals surface area contributed by atoms with Crippen LogP contribution < -0.4 is 11.1 Å². The van der Waals surface area contributed by atoms with Gasteiger partial charge in [-0.3, -0.25) is 4.79 Å². The van der Waals surface area contributed by atoms with E-state index in [4.69, 9.17) is 10.5 Å². The lowest BCUT2D eigenvalue weighted by molar-refractivity contribution is -0.123. The van der Waals surface area contributed by atoms with Crippen LogP contribution in [-0.2, 0) is 16.0 Å². The van der Waals surface area contributed by atoms with Crippen molar-refractivity contribution in [2.75, 3.05) is 20.3 Å². The lowest BCUT2D eigenvalue weighted by atomic mass is 10.0. The average Bonchev–Trinajstić information content (AvgIpc) is 2.45. The maximum atomic E-state index is 11.9. The fourth-order valence-corrected chi connectivity index (χ4v) is 1.80. The molecule has 1 aromatic carbocycles. The molecule has 6 nitrogen and oxygen atoms in total. The van der Waals surface area contributed by atoms with Crippen LogP contribution >= 0.6 is 0 Å². The van der Waals surface area contributed by atoms with E-state index in [1.165, 1.54) is 0 Å². The number of amides is 1. The highest BCUT2D eigenvalue weighted by atomic mass is 16.5. The highest BCUT2D eigenvalue weighted by molar-refractivity contribution is 5.81. The molecule has 0 bridgehead atoms. The van der Waals surface area contributed by atoms with Gasteiger partial charge in [-0.15, -0.1) is 0 Å². The zero-order valence-electron chi connectivity index (χ0n) is 12.5. The molecule has 0 saturated carbocycles.